The van der Waals surface area contributed by atoms with Crippen molar-refractivity contribution in [2.45, 2.75) is 37.6 Å². The molecule has 0 fully saturated rings. The summed E-state index contributed by atoms with van der Waals surface area (Å²) >= 11 is 0. The van der Waals surface area contributed by atoms with E-state index in [0.717, 1.165) is 0 Å². The molecule has 128 valence electrons. The highest BCUT2D eigenvalue weighted by molar-refractivity contribution is 7.89. The van der Waals surface area contributed by atoms with E-state index in [1.165, 1.54) is 12.1 Å². The molecule has 23 heavy (non-hydrogen) atoms. The van der Waals surface area contributed by atoms with Crippen LogP contribution in [0.15, 0.2) is 35.2 Å². The predicted octanol–water partition coefficient (Wildman–Crippen LogP) is 0.386. The first kappa shape index (κ1) is 19.1. The van der Waals surface area contributed by atoms with Crippen molar-refractivity contribution in [2.24, 2.45) is 0 Å². The first-order valence-electron chi connectivity index (χ1n) is 7.22. The second-order valence-electron chi connectivity index (χ2n) is 6.04. The van der Waals surface area contributed by atoms with E-state index in [0.29, 0.717) is 0 Å². The van der Waals surface area contributed by atoms with Crippen molar-refractivity contribution in [3.63, 3.8) is 0 Å². The van der Waals surface area contributed by atoms with Gasteiger partial charge in [-0.25, -0.2) is 13.1 Å². The summed E-state index contributed by atoms with van der Waals surface area (Å²) in [5.74, 6) is -0.694. The van der Waals surface area contributed by atoms with E-state index in [9.17, 15) is 18.0 Å². The Labute approximate surface area is 136 Å². The maximum atomic E-state index is 11.9. The molecule has 0 saturated carbocycles. The molecule has 7 nitrogen and oxygen atoms in total. The molecule has 0 aliphatic rings. The second kappa shape index (κ2) is 8.07. The minimum Gasteiger partial charge on any atom is -0.350 e. The molecule has 0 radical (unpaired) electrons. The fourth-order valence-corrected chi connectivity index (χ4v) is 2.76. The van der Waals surface area contributed by atoms with Crippen LogP contribution in [0.1, 0.15) is 27.2 Å². The van der Waals surface area contributed by atoms with Crippen LogP contribution < -0.4 is 15.4 Å². The summed E-state index contributed by atoms with van der Waals surface area (Å²) in [5, 5.41) is 5.16. The maximum absolute atomic E-state index is 11.9. The third-order valence-corrected chi connectivity index (χ3v) is 4.14. The van der Waals surface area contributed by atoms with Gasteiger partial charge < -0.3 is 10.6 Å². The van der Waals surface area contributed by atoms with Gasteiger partial charge in [0.2, 0.25) is 21.8 Å². The van der Waals surface area contributed by atoms with Gasteiger partial charge in [-0.2, -0.15) is 0 Å². The first-order chi connectivity index (χ1) is 10.6. The van der Waals surface area contributed by atoms with Crippen LogP contribution in [0.3, 0.4) is 0 Å². The number of carbonyl (C=O) groups is 2. The summed E-state index contributed by atoms with van der Waals surface area (Å²) in [6.07, 6.45) is -0.0468. The molecule has 0 heterocycles. The lowest BCUT2D eigenvalue weighted by Crippen LogP contribution is -2.46. The number of nitrogens with one attached hydrogen (secondary N) is 3. The smallest absolute Gasteiger partial charge is 0.240 e. The lowest BCUT2D eigenvalue weighted by molar-refractivity contribution is -0.126. The van der Waals surface area contributed by atoms with Crippen LogP contribution in [0, 0.1) is 0 Å². The van der Waals surface area contributed by atoms with Crippen molar-refractivity contribution in [1.82, 2.24) is 15.4 Å². The van der Waals surface area contributed by atoms with Gasteiger partial charge in [0.1, 0.15) is 0 Å². The van der Waals surface area contributed by atoms with Crippen molar-refractivity contribution < 1.29 is 18.0 Å². The van der Waals surface area contributed by atoms with E-state index in [4.69, 9.17) is 0 Å². The lowest BCUT2D eigenvalue weighted by Gasteiger charge is -2.20. The average Bonchev–Trinajstić information content (AvgIpc) is 2.44. The van der Waals surface area contributed by atoms with Gasteiger partial charge >= 0.3 is 0 Å². The normalized spacial score (nSPS) is 11.8. The number of benzene rings is 1. The van der Waals surface area contributed by atoms with E-state index < -0.39 is 15.9 Å². The molecule has 0 aliphatic carbocycles. The van der Waals surface area contributed by atoms with Crippen LogP contribution in [0.2, 0.25) is 0 Å². The Bertz CT molecular complexity index is 636. The van der Waals surface area contributed by atoms with E-state index in [1.54, 1.807) is 18.2 Å². The minimum atomic E-state index is -3.62. The Hall–Kier alpha value is -1.93. The zero-order valence-corrected chi connectivity index (χ0v) is 14.4. The summed E-state index contributed by atoms with van der Waals surface area (Å²) in [4.78, 5) is 23.3. The number of rotatable bonds is 7. The molecular weight excluding hydrogens is 318 g/mol. The highest BCUT2D eigenvalue weighted by atomic mass is 32.2. The number of sulfonamides is 1. The summed E-state index contributed by atoms with van der Waals surface area (Å²) in [5.41, 5.74) is -0.368. The monoisotopic (exact) mass is 341 g/mol. The molecule has 0 saturated heterocycles. The topological polar surface area (TPSA) is 104 Å². The molecule has 0 bridgehead atoms. The van der Waals surface area contributed by atoms with Crippen LogP contribution >= 0.6 is 0 Å². The van der Waals surface area contributed by atoms with Crippen LogP contribution in [0.25, 0.3) is 0 Å². The Morgan fingerprint density at radius 1 is 1.04 bits per heavy atom. The molecule has 3 N–H and O–H groups in total. The van der Waals surface area contributed by atoms with Crippen molar-refractivity contribution in [3.05, 3.63) is 30.3 Å². The number of amides is 2. The fraction of sp³-hybridized carbons (Fsp3) is 0.467. The van der Waals surface area contributed by atoms with Gasteiger partial charge in [-0.05, 0) is 32.9 Å². The molecule has 1 rings (SSSR count). The van der Waals surface area contributed by atoms with Crippen molar-refractivity contribution >= 4 is 21.8 Å². The second-order valence-corrected chi connectivity index (χ2v) is 7.80. The van der Waals surface area contributed by atoms with Gasteiger partial charge in [0.05, 0.1) is 11.4 Å². The number of hydrogen-bond acceptors (Lipinski definition) is 4. The Kier molecular flexibility index (Phi) is 6.71. The molecule has 1 aromatic rings. The van der Waals surface area contributed by atoms with Gasteiger partial charge in [-0.3, -0.25) is 9.59 Å². The molecule has 0 spiro atoms. The molecule has 0 unspecified atom stereocenters. The van der Waals surface area contributed by atoms with Gasteiger partial charge in [0, 0.05) is 18.5 Å². The first-order valence-corrected chi connectivity index (χ1v) is 8.71. The van der Waals surface area contributed by atoms with Gasteiger partial charge in [0.15, 0.2) is 0 Å². The lowest BCUT2D eigenvalue weighted by atomic mass is 10.1. The molecule has 0 aliphatic heterocycles. The maximum Gasteiger partial charge on any atom is 0.240 e. The SMILES string of the molecule is CC(C)(C)NC(=O)CNC(=O)CCNS(=O)(=O)c1ccccc1. The number of hydrogen-bond donors (Lipinski definition) is 3. The third-order valence-electron chi connectivity index (χ3n) is 2.66. The molecule has 0 atom stereocenters. The summed E-state index contributed by atoms with van der Waals surface area (Å²) in [7, 11) is -3.62. The van der Waals surface area contributed by atoms with Crippen LogP contribution in [-0.4, -0.2) is 38.9 Å². The van der Waals surface area contributed by atoms with Crippen LogP contribution in [0.5, 0.6) is 0 Å². The zero-order chi connectivity index (χ0) is 17.5. The van der Waals surface area contributed by atoms with Crippen molar-refractivity contribution in [1.29, 1.82) is 0 Å². The standard InChI is InChI=1S/C15H23N3O4S/c1-15(2,3)18-14(20)11-16-13(19)9-10-17-23(21,22)12-7-5-4-6-8-12/h4-8,17H,9-11H2,1-3H3,(H,16,19)(H,18,20). The Balaban J connectivity index is 2.33. The quantitative estimate of drug-likeness (QED) is 0.667. The van der Waals surface area contributed by atoms with Gasteiger partial charge in [-0.1, -0.05) is 18.2 Å². The molecule has 1 aromatic carbocycles. The van der Waals surface area contributed by atoms with Crippen molar-refractivity contribution in [3.8, 4) is 0 Å². The van der Waals surface area contributed by atoms with E-state index >= 15 is 0 Å². The predicted molar refractivity (Wildman–Crippen MR) is 87.2 cm³/mol. The average molecular weight is 341 g/mol. The van der Waals surface area contributed by atoms with Gasteiger partial charge in [-0.15, -0.1) is 0 Å². The third kappa shape index (κ3) is 7.75. The van der Waals surface area contributed by atoms with Crippen LogP contribution in [-0.2, 0) is 19.6 Å². The zero-order valence-electron chi connectivity index (χ0n) is 13.5. The molecule has 2 amide bonds. The largest absolute Gasteiger partial charge is 0.350 e. The van der Waals surface area contributed by atoms with Gasteiger partial charge in [0.25, 0.3) is 0 Å². The van der Waals surface area contributed by atoms with Crippen molar-refractivity contribution in [2.75, 3.05) is 13.1 Å². The Morgan fingerprint density at radius 3 is 2.22 bits per heavy atom. The van der Waals surface area contributed by atoms with Crippen LogP contribution in [0.4, 0.5) is 0 Å². The highest BCUT2D eigenvalue weighted by Crippen LogP contribution is 2.06. The molecule has 8 heteroatoms. The van der Waals surface area contributed by atoms with E-state index in [2.05, 4.69) is 15.4 Å². The molecule has 0 aromatic heterocycles. The minimum absolute atomic E-state index is 0.0377. The summed E-state index contributed by atoms with van der Waals surface area (Å²) < 4.78 is 26.2. The highest BCUT2D eigenvalue weighted by Gasteiger charge is 2.15. The molecular formula is C15H23N3O4S. The van der Waals surface area contributed by atoms with E-state index in [-0.39, 0.29) is 35.9 Å². The van der Waals surface area contributed by atoms with E-state index in [1.807, 2.05) is 20.8 Å². The summed E-state index contributed by atoms with van der Waals surface area (Å²) in [6.45, 7) is 5.34. The fourth-order valence-electron chi connectivity index (χ4n) is 1.71. The number of carbonyl (C=O) groups excluding carboxylic acids is 2. The Morgan fingerprint density at radius 2 is 1.65 bits per heavy atom. The summed E-state index contributed by atoms with van der Waals surface area (Å²) in [6, 6.07) is 7.90.